The third kappa shape index (κ3) is 7.63. The fourth-order valence-electron chi connectivity index (χ4n) is 2.81. The molecule has 29 heavy (non-hydrogen) atoms. The number of rotatable bonds is 6. The molecule has 11 heteroatoms. The third-order valence-electron chi connectivity index (χ3n) is 4.35. The number of nitrogens with zero attached hydrogens (tertiary/aromatic N) is 3. The maximum absolute atomic E-state index is 12.3. The van der Waals surface area contributed by atoms with E-state index < -0.39 is 10.0 Å². The summed E-state index contributed by atoms with van der Waals surface area (Å²) in [5, 5.41) is 3.16. The van der Waals surface area contributed by atoms with Gasteiger partial charge in [-0.25, -0.2) is 17.9 Å². The van der Waals surface area contributed by atoms with Gasteiger partial charge in [-0.3, -0.25) is 4.99 Å². The zero-order valence-corrected chi connectivity index (χ0v) is 20.2. The van der Waals surface area contributed by atoms with E-state index in [0.717, 1.165) is 5.56 Å². The van der Waals surface area contributed by atoms with E-state index >= 15 is 0 Å². The molecule has 1 saturated heterocycles. The highest BCUT2D eigenvalue weighted by atomic mass is 127. The first-order valence-corrected chi connectivity index (χ1v) is 10.8. The van der Waals surface area contributed by atoms with E-state index in [2.05, 4.69) is 15.0 Å². The lowest BCUT2D eigenvalue weighted by Gasteiger charge is -2.35. The Hall–Kier alpha value is -1.60. The Morgan fingerprint density at radius 3 is 2.24 bits per heavy atom. The van der Waals surface area contributed by atoms with Crippen molar-refractivity contribution in [2.24, 2.45) is 4.99 Å². The molecule has 0 spiro atoms. The van der Waals surface area contributed by atoms with Crippen molar-refractivity contribution in [3.8, 4) is 0 Å². The number of guanidine groups is 1. The predicted octanol–water partition coefficient (Wildman–Crippen LogP) is 1.24. The van der Waals surface area contributed by atoms with Crippen LogP contribution in [-0.2, 0) is 14.8 Å². The number of benzene rings is 1. The van der Waals surface area contributed by atoms with Crippen LogP contribution in [0.25, 0.3) is 0 Å². The van der Waals surface area contributed by atoms with Crippen LogP contribution in [0.1, 0.15) is 12.5 Å². The molecule has 0 aliphatic carbocycles. The van der Waals surface area contributed by atoms with E-state index in [1.165, 1.54) is 0 Å². The van der Waals surface area contributed by atoms with Crippen molar-refractivity contribution >= 4 is 46.1 Å². The van der Waals surface area contributed by atoms with E-state index in [4.69, 9.17) is 4.74 Å². The first kappa shape index (κ1) is 25.4. The van der Waals surface area contributed by atoms with Crippen LogP contribution in [0.4, 0.5) is 4.79 Å². The number of hydrogen-bond acceptors (Lipinski definition) is 5. The largest absolute Gasteiger partial charge is 0.450 e. The maximum Gasteiger partial charge on any atom is 0.409 e. The molecule has 2 rings (SSSR count). The molecule has 0 saturated carbocycles. The van der Waals surface area contributed by atoms with Crippen LogP contribution >= 0.6 is 24.0 Å². The van der Waals surface area contributed by atoms with Crippen LogP contribution in [0.2, 0.25) is 0 Å². The summed E-state index contributed by atoms with van der Waals surface area (Å²) in [6.45, 7) is 7.06. The fraction of sp³-hybridized carbons (Fsp3) is 0.556. The average Bonchev–Trinajstić information content (AvgIpc) is 2.69. The molecule has 1 aliphatic heterocycles. The molecule has 2 N–H and O–H groups in total. The Balaban J connectivity index is 0.00000420. The molecule has 0 unspecified atom stereocenters. The second-order valence-corrected chi connectivity index (χ2v) is 8.12. The van der Waals surface area contributed by atoms with Gasteiger partial charge >= 0.3 is 6.09 Å². The van der Waals surface area contributed by atoms with Gasteiger partial charge < -0.3 is 19.9 Å². The summed E-state index contributed by atoms with van der Waals surface area (Å²) in [7, 11) is -1.85. The minimum atomic E-state index is -3.53. The molecule has 1 amide bonds. The van der Waals surface area contributed by atoms with Gasteiger partial charge in [0.2, 0.25) is 10.0 Å². The molecule has 0 aromatic heterocycles. The van der Waals surface area contributed by atoms with Crippen molar-refractivity contribution < 1.29 is 17.9 Å². The van der Waals surface area contributed by atoms with E-state index in [1.54, 1.807) is 43.1 Å². The number of piperazine rings is 1. The Kier molecular flexibility index (Phi) is 10.7. The van der Waals surface area contributed by atoms with Crippen LogP contribution in [0.3, 0.4) is 0 Å². The predicted molar refractivity (Wildman–Crippen MR) is 123 cm³/mol. The van der Waals surface area contributed by atoms with Gasteiger partial charge in [-0.2, -0.15) is 0 Å². The minimum absolute atomic E-state index is 0. The van der Waals surface area contributed by atoms with Crippen LogP contribution < -0.4 is 10.0 Å². The molecule has 1 heterocycles. The number of aryl methyl sites for hydroxylation is 1. The fourth-order valence-corrected chi connectivity index (χ4v) is 3.84. The lowest BCUT2D eigenvalue weighted by Crippen LogP contribution is -2.54. The number of sulfonamides is 1. The number of halogens is 1. The molecule has 164 valence electrons. The number of nitrogens with one attached hydrogen (secondary N) is 2. The second-order valence-electron chi connectivity index (χ2n) is 6.36. The van der Waals surface area contributed by atoms with Gasteiger partial charge in [0.15, 0.2) is 5.96 Å². The molecular weight excluding hydrogens is 509 g/mol. The highest BCUT2D eigenvalue weighted by molar-refractivity contribution is 14.0. The number of carbonyl (C=O) groups is 1. The van der Waals surface area contributed by atoms with E-state index in [9.17, 15) is 13.2 Å². The quantitative estimate of drug-likeness (QED) is 0.244. The first-order chi connectivity index (χ1) is 13.4. The summed E-state index contributed by atoms with van der Waals surface area (Å²) in [6.07, 6.45) is -0.296. The number of hydrogen-bond donors (Lipinski definition) is 2. The Morgan fingerprint density at radius 2 is 1.69 bits per heavy atom. The smallest absolute Gasteiger partial charge is 0.409 e. The second kappa shape index (κ2) is 12.2. The van der Waals surface area contributed by atoms with Crippen molar-refractivity contribution in [3.63, 3.8) is 0 Å². The summed E-state index contributed by atoms with van der Waals surface area (Å²) < 4.78 is 32.2. The number of ether oxygens (including phenoxy) is 1. The molecular formula is C18H30IN5O4S. The normalized spacial score (nSPS) is 14.9. The minimum Gasteiger partial charge on any atom is -0.450 e. The van der Waals surface area contributed by atoms with Gasteiger partial charge in [-0.15, -0.1) is 24.0 Å². The van der Waals surface area contributed by atoms with Gasteiger partial charge in [0, 0.05) is 46.3 Å². The topological polar surface area (TPSA) is 103 Å². The van der Waals surface area contributed by atoms with Gasteiger partial charge in [0.1, 0.15) is 0 Å². The Morgan fingerprint density at radius 1 is 1.10 bits per heavy atom. The lowest BCUT2D eigenvalue weighted by molar-refractivity contribution is 0.0915. The summed E-state index contributed by atoms with van der Waals surface area (Å²) in [6, 6.07) is 6.72. The van der Waals surface area contributed by atoms with Crippen LogP contribution in [0, 0.1) is 6.92 Å². The van der Waals surface area contributed by atoms with Crippen molar-refractivity contribution in [1.82, 2.24) is 19.8 Å². The van der Waals surface area contributed by atoms with Gasteiger partial charge in [0.25, 0.3) is 0 Å². The molecule has 0 atom stereocenters. The van der Waals surface area contributed by atoms with Gasteiger partial charge in [0.05, 0.1) is 11.5 Å². The molecule has 1 aromatic carbocycles. The van der Waals surface area contributed by atoms with Crippen LogP contribution in [0.5, 0.6) is 0 Å². The molecule has 0 radical (unpaired) electrons. The lowest BCUT2D eigenvalue weighted by atomic mass is 10.2. The molecule has 1 fully saturated rings. The maximum atomic E-state index is 12.3. The highest BCUT2D eigenvalue weighted by Crippen LogP contribution is 2.09. The van der Waals surface area contributed by atoms with E-state index in [1.807, 2.05) is 11.8 Å². The van der Waals surface area contributed by atoms with Crippen molar-refractivity contribution in [1.29, 1.82) is 0 Å². The Bertz CT molecular complexity index is 778. The monoisotopic (exact) mass is 539 g/mol. The van der Waals surface area contributed by atoms with E-state index in [-0.39, 0.29) is 41.5 Å². The first-order valence-electron chi connectivity index (χ1n) is 9.31. The molecule has 1 aliphatic rings. The summed E-state index contributed by atoms with van der Waals surface area (Å²) in [4.78, 5) is 19.9. The average molecular weight is 539 g/mol. The van der Waals surface area contributed by atoms with Crippen LogP contribution in [0.15, 0.2) is 34.2 Å². The molecule has 1 aromatic rings. The van der Waals surface area contributed by atoms with E-state index in [0.29, 0.717) is 45.3 Å². The zero-order chi connectivity index (χ0) is 20.6. The summed E-state index contributed by atoms with van der Waals surface area (Å²) in [5.41, 5.74) is 1.01. The summed E-state index contributed by atoms with van der Waals surface area (Å²) >= 11 is 0. The number of aliphatic imine (C=N–C) groups is 1. The van der Waals surface area contributed by atoms with Crippen molar-refractivity contribution in [3.05, 3.63) is 29.8 Å². The van der Waals surface area contributed by atoms with Gasteiger partial charge in [-0.1, -0.05) is 17.7 Å². The molecule has 9 nitrogen and oxygen atoms in total. The Labute approximate surface area is 189 Å². The number of carbonyl (C=O) groups excluding carboxylic acids is 1. The highest BCUT2D eigenvalue weighted by Gasteiger charge is 2.23. The third-order valence-corrected chi connectivity index (χ3v) is 5.83. The standard InChI is InChI=1S/C18H29N5O4S.HI/c1-4-27-18(24)23-13-11-22(12-14-23)17(19-3)20-9-10-21-28(25,26)16-7-5-15(2)6-8-16;/h5-8,21H,4,9-14H2,1-3H3,(H,19,20);1H. The number of amides is 1. The van der Waals surface area contributed by atoms with Crippen molar-refractivity contribution in [2.45, 2.75) is 18.7 Å². The molecule has 0 bridgehead atoms. The van der Waals surface area contributed by atoms with Crippen LogP contribution in [-0.4, -0.2) is 83.2 Å². The summed E-state index contributed by atoms with van der Waals surface area (Å²) in [5.74, 6) is 0.679. The zero-order valence-electron chi connectivity index (χ0n) is 17.1. The van der Waals surface area contributed by atoms with Crippen molar-refractivity contribution in [2.75, 3.05) is 52.9 Å². The SMILES string of the molecule is CCOC(=O)N1CCN(C(=NC)NCCNS(=O)(=O)c2ccc(C)cc2)CC1.I. The van der Waals surface area contributed by atoms with Gasteiger partial charge in [-0.05, 0) is 26.0 Å².